The molecule has 0 aliphatic carbocycles. The molecule has 0 aromatic carbocycles. The first-order valence-corrected chi connectivity index (χ1v) is 4.76. The zero-order valence-corrected chi connectivity index (χ0v) is 9.08. The van der Waals surface area contributed by atoms with Gasteiger partial charge < -0.3 is 20.5 Å². The number of rotatable bonds is 8. The Bertz CT molecular complexity index is 208. The molecular weight excluding hydrogens is 200 g/mol. The van der Waals surface area contributed by atoms with Crippen LogP contribution in [0.1, 0.15) is 12.8 Å². The maximum absolute atomic E-state index is 11.2. The average Bonchev–Trinajstić information content (AvgIpc) is 2.20. The lowest BCUT2D eigenvalue weighted by atomic mass is 10.2. The third kappa shape index (κ3) is 7.90. The summed E-state index contributed by atoms with van der Waals surface area (Å²) in [6, 6.07) is 0. The van der Waals surface area contributed by atoms with Crippen LogP contribution in [0, 0.1) is 0 Å². The summed E-state index contributed by atoms with van der Waals surface area (Å²) in [5, 5.41) is 14.0. The molecule has 0 rings (SSSR count). The summed E-state index contributed by atoms with van der Waals surface area (Å²) in [6.45, 7) is 0.827. The Morgan fingerprint density at radius 1 is 1.47 bits per heavy atom. The van der Waals surface area contributed by atoms with E-state index in [-0.39, 0.29) is 18.9 Å². The van der Waals surface area contributed by atoms with Gasteiger partial charge in [0.1, 0.15) is 0 Å². The average molecular weight is 218 g/mol. The second kappa shape index (κ2) is 8.19. The Kier molecular flexibility index (Phi) is 7.57. The van der Waals surface area contributed by atoms with Crippen molar-refractivity contribution >= 4 is 11.9 Å². The Hall–Kier alpha value is -1.14. The van der Waals surface area contributed by atoms with E-state index in [1.54, 1.807) is 7.05 Å². The van der Waals surface area contributed by atoms with Gasteiger partial charge in [0, 0.05) is 26.6 Å². The van der Waals surface area contributed by atoms with E-state index in [0.717, 1.165) is 0 Å². The standard InChI is InChI=1S/C9H18N2O4/c1-10-4-3-8(12)11-6-7(15-2)5-9(13)14/h7,10H,3-6H2,1-2H3,(H,11,12)(H,13,14). The van der Waals surface area contributed by atoms with E-state index in [4.69, 9.17) is 9.84 Å². The number of hydrogen-bond acceptors (Lipinski definition) is 4. The molecule has 0 aromatic heterocycles. The van der Waals surface area contributed by atoms with E-state index >= 15 is 0 Å². The normalized spacial score (nSPS) is 12.1. The highest BCUT2D eigenvalue weighted by Gasteiger charge is 2.12. The van der Waals surface area contributed by atoms with Crippen molar-refractivity contribution in [2.75, 3.05) is 27.2 Å². The van der Waals surface area contributed by atoms with Gasteiger partial charge in [-0.2, -0.15) is 0 Å². The van der Waals surface area contributed by atoms with Crippen molar-refractivity contribution < 1.29 is 19.4 Å². The molecule has 6 nitrogen and oxygen atoms in total. The highest BCUT2D eigenvalue weighted by Crippen LogP contribution is 1.95. The lowest BCUT2D eigenvalue weighted by Gasteiger charge is -2.13. The van der Waals surface area contributed by atoms with Gasteiger partial charge in [-0.1, -0.05) is 0 Å². The SMILES string of the molecule is CNCCC(=O)NCC(CC(=O)O)OC. The molecule has 15 heavy (non-hydrogen) atoms. The molecule has 1 atom stereocenters. The van der Waals surface area contributed by atoms with E-state index in [1.165, 1.54) is 7.11 Å². The lowest BCUT2D eigenvalue weighted by molar-refractivity contribution is -0.140. The molecule has 0 spiro atoms. The molecule has 0 radical (unpaired) electrons. The predicted octanol–water partition coefficient (Wildman–Crippen LogP) is -0.798. The minimum absolute atomic E-state index is 0.108. The van der Waals surface area contributed by atoms with Crippen LogP contribution in [0.25, 0.3) is 0 Å². The summed E-state index contributed by atoms with van der Waals surface area (Å²) in [6.07, 6.45) is -0.205. The quantitative estimate of drug-likeness (QED) is 0.496. The molecule has 0 bridgehead atoms. The number of aliphatic carboxylic acids is 1. The van der Waals surface area contributed by atoms with Crippen molar-refractivity contribution in [3.8, 4) is 0 Å². The number of hydrogen-bond donors (Lipinski definition) is 3. The highest BCUT2D eigenvalue weighted by molar-refractivity contribution is 5.76. The van der Waals surface area contributed by atoms with Crippen molar-refractivity contribution in [2.24, 2.45) is 0 Å². The largest absolute Gasteiger partial charge is 0.481 e. The maximum atomic E-state index is 11.2. The second-order valence-corrected chi connectivity index (χ2v) is 3.11. The number of carboxylic acid groups (broad SMARTS) is 1. The minimum atomic E-state index is -0.939. The molecule has 0 saturated carbocycles. The van der Waals surface area contributed by atoms with Gasteiger partial charge in [-0.05, 0) is 7.05 Å². The van der Waals surface area contributed by atoms with Crippen LogP contribution in [0.3, 0.4) is 0 Å². The molecule has 0 aliphatic rings. The molecule has 1 amide bonds. The van der Waals surface area contributed by atoms with E-state index in [2.05, 4.69) is 10.6 Å². The van der Waals surface area contributed by atoms with Crippen LogP contribution >= 0.6 is 0 Å². The van der Waals surface area contributed by atoms with Crippen molar-refractivity contribution in [2.45, 2.75) is 18.9 Å². The second-order valence-electron chi connectivity index (χ2n) is 3.11. The van der Waals surface area contributed by atoms with E-state index in [9.17, 15) is 9.59 Å². The fourth-order valence-electron chi connectivity index (χ4n) is 0.988. The van der Waals surface area contributed by atoms with Crippen LogP contribution in [0.2, 0.25) is 0 Å². The number of carbonyl (C=O) groups is 2. The number of ether oxygens (including phenoxy) is 1. The third-order valence-electron chi connectivity index (χ3n) is 1.86. The summed E-state index contributed by atoms with van der Waals surface area (Å²) in [5.74, 6) is -1.05. The Balaban J connectivity index is 3.69. The zero-order chi connectivity index (χ0) is 11.7. The van der Waals surface area contributed by atoms with E-state index < -0.39 is 12.1 Å². The Labute approximate surface area is 89.0 Å². The molecule has 0 saturated heterocycles. The van der Waals surface area contributed by atoms with Gasteiger partial charge in [-0.25, -0.2) is 0 Å². The number of carbonyl (C=O) groups excluding carboxylic acids is 1. The minimum Gasteiger partial charge on any atom is -0.481 e. The fourth-order valence-corrected chi connectivity index (χ4v) is 0.988. The Morgan fingerprint density at radius 3 is 2.60 bits per heavy atom. The number of carboxylic acids is 1. The first-order chi connectivity index (χ1) is 7.10. The predicted molar refractivity (Wildman–Crippen MR) is 54.6 cm³/mol. The first kappa shape index (κ1) is 13.9. The third-order valence-corrected chi connectivity index (χ3v) is 1.86. The highest BCUT2D eigenvalue weighted by atomic mass is 16.5. The summed E-state index contributed by atoms with van der Waals surface area (Å²) >= 11 is 0. The first-order valence-electron chi connectivity index (χ1n) is 4.76. The lowest BCUT2D eigenvalue weighted by Crippen LogP contribution is -2.35. The molecule has 0 aromatic rings. The zero-order valence-electron chi connectivity index (χ0n) is 9.08. The van der Waals surface area contributed by atoms with Gasteiger partial charge in [-0.3, -0.25) is 9.59 Å². The number of amides is 1. The van der Waals surface area contributed by atoms with E-state index in [0.29, 0.717) is 13.0 Å². The smallest absolute Gasteiger partial charge is 0.306 e. The van der Waals surface area contributed by atoms with Crippen LogP contribution in [-0.4, -0.2) is 50.3 Å². The van der Waals surface area contributed by atoms with Crippen molar-refractivity contribution in [1.82, 2.24) is 10.6 Å². The topological polar surface area (TPSA) is 87.7 Å². The van der Waals surface area contributed by atoms with Crippen molar-refractivity contribution in [3.63, 3.8) is 0 Å². The van der Waals surface area contributed by atoms with Crippen molar-refractivity contribution in [1.29, 1.82) is 0 Å². The van der Waals surface area contributed by atoms with Crippen molar-refractivity contribution in [3.05, 3.63) is 0 Å². The molecular formula is C9H18N2O4. The van der Waals surface area contributed by atoms with Gasteiger partial charge >= 0.3 is 5.97 Å². The van der Waals surface area contributed by atoms with Gasteiger partial charge in [-0.15, -0.1) is 0 Å². The monoisotopic (exact) mass is 218 g/mol. The molecule has 0 heterocycles. The molecule has 6 heteroatoms. The summed E-state index contributed by atoms with van der Waals surface area (Å²) in [5.41, 5.74) is 0. The maximum Gasteiger partial charge on any atom is 0.306 e. The summed E-state index contributed by atoms with van der Waals surface area (Å²) < 4.78 is 4.90. The van der Waals surface area contributed by atoms with Crippen LogP contribution in [0.15, 0.2) is 0 Å². The van der Waals surface area contributed by atoms with Gasteiger partial charge in [0.2, 0.25) is 5.91 Å². The summed E-state index contributed by atoms with van der Waals surface area (Å²) in [7, 11) is 3.18. The molecule has 88 valence electrons. The van der Waals surface area contributed by atoms with Gasteiger partial charge in [0.25, 0.3) is 0 Å². The number of nitrogens with one attached hydrogen (secondary N) is 2. The number of methoxy groups -OCH3 is 1. The molecule has 1 unspecified atom stereocenters. The van der Waals surface area contributed by atoms with Crippen LogP contribution < -0.4 is 10.6 Å². The Morgan fingerprint density at radius 2 is 2.13 bits per heavy atom. The van der Waals surface area contributed by atoms with Crippen LogP contribution in [0.4, 0.5) is 0 Å². The fraction of sp³-hybridized carbons (Fsp3) is 0.778. The van der Waals surface area contributed by atoms with Crippen LogP contribution in [0.5, 0.6) is 0 Å². The molecule has 3 N–H and O–H groups in total. The van der Waals surface area contributed by atoms with Gasteiger partial charge in [0.05, 0.1) is 12.5 Å². The van der Waals surface area contributed by atoms with Crippen LogP contribution in [-0.2, 0) is 14.3 Å². The summed E-state index contributed by atoms with van der Waals surface area (Å²) in [4.78, 5) is 21.5. The van der Waals surface area contributed by atoms with E-state index in [1.807, 2.05) is 0 Å². The van der Waals surface area contributed by atoms with Gasteiger partial charge in [0.15, 0.2) is 0 Å². The molecule has 0 aliphatic heterocycles. The molecule has 0 fully saturated rings.